The molecule has 0 bridgehead atoms. The minimum absolute atomic E-state index is 0.296. The lowest BCUT2D eigenvalue weighted by Crippen LogP contribution is -2.08. The van der Waals surface area contributed by atoms with E-state index in [1.165, 1.54) is 25.7 Å². The van der Waals surface area contributed by atoms with Crippen LogP contribution in [0.15, 0.2) is 23.4 Å². The highest BCUT2D eigenvalue weighted by Crippen LogP contribution is 1.90. The van der Waals surface area contributed by atoms with Gasteiger partial charge in [0.15, 0.2) is 0 Å². The zero-order valence-electron chi connectivity index (χ0n) is 6.98. The minimum atomic E-state index is -0.511. The summed E-state index contributed by atoms with van der Waals surface area (Å²) in [4.78, 5) is 27.7. The molecule has 0 aliphatic heterocycles. The highest BCUT2D eigenvalue weighted by atomic mass is 16.5. The molecule has 68 valence electrons. The normalized spacial score (nSPS) is 10.2. The van der Waals surface area contributed by atoms with Crippen molar-refractivity contribution in [3.8, 4) is 0 Å². The summed E-state index contributed by atoms with van der Waals surface area (Å²) in [6.07, 6.45) is 5.14. The molecule has 1 rings (SSSR count). The molecule has 0 unspecified atom stereocenters. The number of H-pyrrole nitrogens is 1. The van der Waals surface area contributed by atoms with Crippen LogP contribution in [0.25, 0.3) is 6.08 Å². The summed E-state index contributed by atoms with van der Waals surface area (Å²) in [5.74, 6) is -0.511. The van der Waals surface area contributed by atoms with Crippen LogP contribution >= 0.6 is 0 Å². The molecule has 0 amide bonds. The van der Waals surface area contributed by atoms with Crippen molar-refractivity contribution in [3.05, 3.63) is 34.5 Å². The Morgan fingerprint density at radius 3 is 3.08 bits per heavy atom. The fraction of sp³-hybridized carbons (Fsp3) is 0.125. The lowest BCUT2D eigenvalue weighted by Gasteiger charge is -1.90. The lowest BCUT2D eigenvalue weighted by atomic mass is 10.3. The van der Waals surface area contributed by atoms with Crippen molar-refractivity contribution in [2.45, 2.75) is 0 Å². The maximum absolute atomic E-state index is 11.0. The third-order valence-electron chi connectivity index (χ3n) is 1.35. The predicted octanol–water partition coefficient (Wildman–Crippen LogP) is -0.0439. The van der Waals surface area contributed by atoms with Gasteiger partial charge in [0, 0.05) is 12.3 Å². The second-order valence-electron chi connectivity index (χ2n) is 2.19. The molecule has 1 aromatic heterocycles. The Hall–Kier alpha value is -1.91. The van der Waals surface area contributed by atoms with Crippen molar-refractivity contribution in [1.82, 2.24) is 9.97 Å². The summed E-state index contributed by atoms with van der Waals surface area (Å²) in [5, 5.41) is 0. The smallest absolute Gasteiger partial charge is 0.330 e. The van der Waals surface area contributed by atoms with Gasteiger partial charge in [-0.15, -0.1) is 0 Å². The van der Waals surface area contributed by atoms with Gasteiger partial charge in [-0.1, -0.05) is 0 Å². The summed E-state index contributed by atoms with van der Waals surface area (Å²) in [5.41, 5.74) is 0.0167. The molecule has 0 saturated heterocycles. The summed E-state index contributed by atoms with van der Waals surface area (Å²) >= 11 is 0. The van der Waals surface area contributed by atoms with E-state index in [9.17, 15) is 9.59 Å². The second kappa shape index (κ2) is 4.20. The molecule has 0 aromatic carbocycles. The van der Waals surface area contributed by atoms with Crippen LogP contribution in [0.5, 0.6) is 0 Å². The first-order chi connectivity index (χ1) is 6.24. The molecule has 0 saturated carbocycles. The zero-order chi connectivity index (χ0) is 9.68. The molecule has 0 aliphatic rings. The standard InChI is InChI=1S/C8H8N2O3/c1-13-7(11)3-2-6-4-9-5-10-8(6)12/h2-5H,1H3,(H,9,10,12). The number of rotatable bonds is 2. The summed E-state index contributed by atoms with van der Waals surface area (Å²) < 4.78 is 4.35. The molecule has 0 spiro atoms. The van der Waals surface area contributed by atoms with Crippen LogP contribution < -0.4 is 5.56 Å². The van der Waals surface area contributed by atoms with E-state index in [1.807, 2.05) is 0 Å². The van der Waals surface area contributed by atoms with Gasteiger partial charge < -0.3 is 9.72 Å². The van der Waals surface area contributed by atoms with E-state index in [4.69, 9.17) is 0 Å². The van der Waals surface area contributed by atoms with E-state index in [0.717, 1.165) is 6.08 Å². The van der Waals surface area contributed by atoms with Crippen molar-refractivity contribution in [2.75, 3.05) is 7.11 Å². The Kier molecular flexibility index (Phi) is 2.97. The number of methoxy groups -OCH3 is 1. The maximum atomic E-state index is 11.0. The van der Waals surface area contributed by atoms with Crippen LogP contribution in [-0.4, -0.2) is 23.0 Å². The first kappa shape index (κ1) is 9.18. The van der Waals surface area contributed by atoms with E-state index < -0.39 is 5.97 Å². The van der Waals surface area contributed by atoms with Crippen LogP contribution in [-0.2, 0) is 9.53 Å². The number of ether oxygens (including phenoxy) is 1. The van der Waals surface area contributed by atoms with Gasteiger partial charge in [0.25, 0.3) is 5.56 Å². The number of nitrogens with zero attached hydrogens (tertiary/aromatic N) is 1. The number of aromatic nitrogens is 2. The molecule has 1 heterocycles. The van der Waals surface area contributed by atoms with Gasteiger partial charge >= 0.3 is 5.97 Å². The largest absolute Gasteiger partial charge is 0.466 e. The molecular formula is C8H8N2O3. The van der Waals surface area contributed by atoms with Crippen molar-refractivity contribution in [1.29, 1.82) is 0 Å². The molecular weight excluding hydrogens is 172 g/mol. The second-order valence-corrected chi connectivity index (χ2v) is 2.19. The number of aromatic amines is 1. The Morgan fingerprint density at radius 2 is 2.46 bits per heavy atom. The number of hydrogen-bond donors (Lipinski definition) is 1. The Labute approximate surface area is 74.1 Å². The molecule has 5 nitrogen and oxygen atoms in total. The summed E-state index contributed by atoms with van der Waals surface area (Å²) in [6, 6.07) is 0. The first-order valence-corrected chi connectivity index (χ1v) is 3.53. The van der Waals surface area contributed by atoms with Crippen LogP contribution in [0.2, 0.25) is 0 Å². The average Bonchev–Trinajstić information content (AvgIpc) is 2.16. The van der Waals surface area contributed by atoms with Gasteiger partial charge in [0.2, 0.25) is 0 Å². The van der Waals surface area contributed by atoms with E-state index in [0.29, 0.717) is 5.56 Å². The molecule has 0 atom stereocenters. The highest BCUT2D eigenvalue weighted by molar-refractivity contribution is 5.86. The molecule has 0 fully saturated rings. The van der Waals surface area contributed by atoms with Gasteiger partial charge in [-0.05, 0) is 6.08 Å². The Bertz CT molecular complexity index is 381. The van der Waals surface area contributed by atoms with E-state index in [1.54, 1.807) is 0 Å². The summed E-state index contributed by atoms with van der Waals surface area (Å²) in [7, 11) is 1.26. The van der Waals surface area contributed by atoms with Crippen molar-refractivity contribution < 1.29 is 9.53 Å². The number of nitrogens with one attached hydrogen (secondary N) is 1. The Morgan fingerprint density at radius 1 is 1.69 bits per heavy atom. The number of hydrogen-bond acceptors (Lipinski definition) is 4. The SMILES string of the molecule is COC(=O)C=Cc1cnc[nH]c1=O. The first-order valence-electron chi connectivity index (χ1n) is 3.53. The topological polar surface area (TPSA) is 72.0 Å². The van der Waals surface area contributed by atoms with Crippen molar-refractivity contribution >= 4 is 12.0 Å². The monoisotopic (exact) mass is 180 g/mol. The minimum Gasteiger partial charge on any atom is -0.466 e. The number of esters is 1. The number of carbonyl (C=O) groups excluding carboxylic acids is 1. The van der Waals surface area contributed by atoms with E-state index in [2.05, 4.69) is 14.7 Å². The lowest BCUT2D eigenvalue weighted by molar-refractivity contribution is -0.134. The van der Waals surface area contributed by atoms with Crippen molar-refractivity contribution in [2.24, 2.45) is 0 Å². The van der Waals surface area contributed by atoms with Gasteiger partial charge in [-0.25, -0.2) is 9.78 Å². The van der Waals surface area contributed by atoms with Crippen molar-refractivity contribution in [3.63, 3.8) is 0 Å². The maximum Gasteiger partial charge on any atom is 0.330 e. The predicted molar refractivity (Wildman–Crippen MR) is 45.9 cm³/mol. The van der Waals surface area contributed by atoms with Gasteiger partial charge in [0.05, 0.1) is 19.0 Å². The molecule has 5 heteroatoms. The molecule has 13 heavy (non-hydrogen) atoms. The van der Waals surface area contributed by atoms with E-state index in [-0.39, 0.29) is 5.56 Å². The number of carbonyl (C=O) groups is 1. The third kappa shape index (κ3) is 2.55. The van der Waals surface area contributed by atoms with Crippen LogP contribution in [0.4, 0.5) is 0 Å². The zero-order valence-corrected chi connectivity index (χ0v) is 6.98. The third-order valence-corrected chi connectivity index (χ3v) is 1.35. The highest BCUT2D eigenvalue weighted by Gasteiger charge is 1.95. The summed E-state index contributed by atoms with van der Waals surface area (Å²) in [6.45, 7) is 0. The average molecular weight is 180 g/mol. The fourth-order valence-electron chi connectivity index (χ4n) is 0.700. The Balaban J connectivity index is 2.86. The van der Waals surface area contributed by atoms with Gasteiger partial charge in [-0.3, -0.25) is 4.79 Å². The molecule has 0 radical (unpaired) electrons. The quantitative estimate of drug-likeness (QED) is 0.511. The van der Waals surface area contributed by atoms with Gasteiger partial charge in [-0.2, -0.15) is 0 Å². The molecule has 1 N–H and O–H groups in total. The van der Waals surface area contributed by atoms with Crippen LogP contribution in [0.1, 0.15) is 5.56 Å². The molecule has 0 aliphatic carbocycles. The fourth-order valence-corrected chi connectivity index (χ4v) is 0.700. The van der Waals surface area contributed by atoms with E-state index >= 15 is 0 Å². The molecule has 1 aromatic rings. The van der Waals surface area contributed by atoms with Crippen LogP contribution in [0, 0.1) is 0 Å². The van der Waals surface area contributed by atoms with Gasteiger partial charge in [0.1, 0.15) is 0 Å². The van der Waals surface area contributed by atoms with Crippen LogP contribution in [0.3, 0.4) is 0 Å².